The van der Waals surface area contributed by atoms with Crippen LogP contribution in [0.5, 0.6) is 0 Å². The number of hydrogen-bond donors (Lipinski definition) is 1. The Bertz CT molecular complexity index is 820. The van der Waals surface area contributed by atoms with Crippen molar-refractivity contribution in [3.63, 3.8) is 0 Å². The van der Waals surface area contributed by atoms with Crippen LogP contribution in [-0.2, 0) is 14.3 Å². The first-order chi connectivity index (χ1) is 11.7. The van der Waals surface area contributed by atoms with Crippen LogP contribution in [0.15, 0.2) is 46.8 Å². The van der Waals surface area contributed by atoms with Gasteiger partial charge in [0.05, 0.1) is 18.6 Å². The molecular weight excluding hydrogens is 321 g/mol. The third-order valence-electron chi connectivity index (χ3n) is 4.86. The van der Waals surface area contributed by atoms with E-state index in [9.17, 15) is 14.0 Å². The predicted molar refractivity (Wildman–Crippen MR) is 92.0 cm³/mol. The zero-order chi connectivity index (χ0) is 18.4. The van der Waals surface area contributed by atoms with Crippen LogP contribution in [0.2, 0.25) is 0 Å². The number of allylic oxidation sites excluding steroid dienone is 3. The summed E-state index contributed by atoms with van der Waals surface area (Å²) in [6.07, 6.45) is 1.04. The zero-order valence-electron chi connectivity index (χ0n) is 14.9. The lowest BCUT2D eigenvalue weighted by molar-refractivity contribution is -0.136. The van der Waals surface area contributed by atoms with Gasteiger partial charge in [0.15, 0.2) is 5.78 Å². The molecule has 25 heavy (non-hydrogen) atoms. The minimum atomic E-state index is -0.742. The number of Topliss-reactive ketones (excluding diaryl/α,β-unsaturated/α-hetero) is 1. The Labute approximate surface area is 146 Å². The predicted octanol–water partition coefficient (Wildman–Crippen LogP) is 3.60. The van der Waals surface area contributed by atoms with E-state index in [4.69, 9.17) is 4.74 Å². The fourth-order valence-electron chi connectivity index (χ4n) is 3.84. The number of benzene rings is 1. The van der Waals surface area contributed by atoms with Gasteiger partial charge in [0, 0.05) is 29.0 Å². The maximum atomic E-state index is 14.6. The summed E-state index contributed by atoms with van der Waals surface area (Å²) in [5, 5.41) is 3.20. The zero-order valence-corrected chi connectivity index (χ0v) is 14.9. The molecule has 0 unspecified atom stereocenters. The van der Waals surface area contributed by atoms with Crippen LogP contribution < -0.4 is 5.32 Å². The molecule has 0 saturated heterocycles. The molecule has 1 atom stereocenters. The van der Waals surface area contributed by atoms with Crippen molar-refractivity contribution in [2.75, 3.05) is 7.11 Å². The largest absolute Gasteiger partial charge is 0.466 e. The van der Waals surface area contributed by atoms with E-state index in [2.05, 4.69) is 5.32 Å². The minimum Gasteiger partial charge on any atom is -0.466 e. The number of ether oxygens (including phenoxy) is 1. The summed E-state index contributed by atoms with van der Waals surface area (Å²) in [5.74, 6) is -1.79. The molecule has 0 fully saturated rings. The van der Waals surface area contributed by atoms with E-state index in [1.54, 1.807) is 25.1 Å². The maximum Gasteiger partial charge on any atom is 0.336 e. The number of carbonyl (C=O) groups is 2. The van der Waals surface area contributed by atoms with Gasteiger partial charge < -0.3 is 10.1 Å². The highest BCUT2D eigenvalue weighted by Crippen LogP contribution is 2.47. The van der Waals surface area contributed by atoms with E-state index in [0.29, 0.717) is 35.2 Å². The second kappa shape index (κ2) is 6.14. The van der Waals surface area contributed by atoms with Crippen molar-refractivity contribution in [3.8, 4) is 0 Å². The van der Waals surface area contributed by atoms with Crippen LogP contribution in [-0.4, -0.2) is 18.9 Å². The van der Waals surface area contributed by atoms with Gasteiger partial charge in [-0.15, -0.1) is 0 Å². The van der Waals surface area contributed by atoms with Crippen molar-refractivity contribution in [1.29, 1.82) is 0 Å². The molecule has 0 bridgehead atoms. The van der Waals surface area contributed by atoms with Crippen LogP contribution in [0.4, 0.5) is 4.39 Å². The van der Waals surface area contributed by atoms with Crippen molar-refractivity contribution in [2.45, 2.75) is 39.5 Å². The Morgan fingerprint density at radius 3 is 2.60 bits per heavy atom. The fraction of sp³-hybridized carbons (Fsp3) is 0.400. The number of carbonyl (C=O) groups excluding carboxylic acids is 2. The molecule has 0 spiro atoms. The van der Waals surface area contributed by atoms with Crippen LogP contribution >= 0.6 is 0 Å². The summed E-state index contributed by atoms with van der Waals surface area (Å²) in [6.45, 7) is 5.82. The van der Waals surface area contributed by atoms with Gasteiger partial charge in [-0.1, -0.05) is 32.0 Å². The molecule has 1 heterocycles. The lowest BCUT2D eigenvalue weighted by Crippen LogP contribution is -2.38. The SMILES string of the molecule is COC(=O)C1=C(C)NC2=C(C(=O)CC(C)(C)C2)[C@@H]1c1ccccc1F. The quantitative estimate of drug-likeness (QED) is 0.834. The summed E-state index contributed by atoms with van der Waals surface area (Å²) >= 11 is 0. The number of hydrogen-bond acceptors (Lipinski definition) is 4. The third kappa shape index (κ3) is 2.99. The Kier molecular flexibility index (Phi) is 4.27. The molecule has 1 aliphatic heterocycles. The highest BCUT2D eigenvalue weighted by molar-refractivity contribution is 6.04. The van der Waals surface area contributed by atoms with E-state index in [1.165, 1.54) is 13.2 Å². The Balaban J connectivity index is 2.24. The van der Waals surface area contributed by atoms with E-state index in [0.717, 1.165) is 5.70 Å². The van der Waals surface area contributed by atoms with Crippen LogP contribution in [0, 0.1) is 11.2 Å². The highest BCUT2D eigenvalue weighted by atomic mass is 19.1. The summed E-state index contributed by atoms with van der Waals surface area (Å²) in [5.41, 5.74) is 2.30. The van der Waals surface area contributed by atoms with Crippen LogP contribution in [0.3, 0.4) is 0 Å². The minimum absolute atomic E-state index is 0.0547. The Morgan fingerprint density at radius 1 is 1.28 bits per heavy atom. The summed E-state index contributed by atoms with van der Waals surface area (Å²) in [6, 6.07) is 6.27. The molecule has 0 aromatic heterocycles. The average Bonchev–Trinajstić information content (AvgIpc) is 2.52. The van der Waals surface area contributed by atoms with Crippen molar-refractivity contribution in [1.82, 2.24) is 5.32 Å². The second-order valence-electron chi connectivity index (χ2n) is 7.44. The van der Waals surface area contributed by atoms with Gasteiger partial charge >= 0.3 is 5.97 Å². The first-order valence-corrected chi connectivity index (χ1v) is 8.32. The molecule has 0 radical (unpaired) electrons. The number of ketones is 1. The number of halogens is 1. The monoisotopic (exact) mass is 343 g/mol. The first kappa shape index (κ1) is 17.4. The van der Waals surface area contributed by atoms with Crippen LogP contribution in [0.1, 0.15) is 45.1 Å². The second-order valence-corrected chi connectivity index (χ2v) is 7.44. The number of dihydropyridines is 1. The van der Waals surface area contributed by atoms with Gasteiger partial charge in [-0.25, -0.2) is 9.18 Å². The van der Waals surface area contributed by atoms with E-state index >= 15 is 0 Å². The third-order valence-corrected chi connectivity index (χ3v) is 4.86. The van der Waals surface area contributed by atoms with Crippen molar-refractivity contribution < 1.29 is 18.7 Å². The maximum absolute atomic E-state index is 14.6. The van der Waals surface area contributed by atoms with Crippen LogP contribution in [0.25, 0.3) is 0 Å². The Morgan fingerprint density at radius 2 is 1.96 bits per heavy atom. The topological polar surface area (TPSA) is 55.4 Å². The van der Waals surface area contributed by atoms with Crippen molar-refractivity contribution in [3.05, 3.63) is 58.2 Å². The molecule has 0 amide bonds. The van der Waals surface area contributed by atoms with Gasteiger partial charge in [0.1, 0.15) is 5.82 Å². The number of rotatable bonds is 2. The molecule has 1 aliphatic carbocycles. The molecule has 4 nitrogen and oxygen atoms in total. The average molecular weight is 343 g/mol. The first-order valence-electron chi connectivity index (χ1n) is 8.32. The van der Waals surface area contributed by atoms with E-state index < -0.39 is 17.7 Å². The number of nitrogens with one attached hydrogen (secondary N) is 1. The molecule has 2 aliphatic rings. The fourth-order valence-corrected chi connectivity index (χ4v) is 3.84. The standard InChI is InChI=1S/C20H22FNO3/c1-11-16(19(24)25-4)17(12-7-5-6-8-13(12)21)18-14(22-11)9-20(2,3)10-15(18)23/h5-8,17,22H,9-10H2,1-4H3/t17-/m1/s1. The summed E-state index contributed by atoms with van der Waals surface area (Å²) < 4.78 is 19.5. The van der Waals surface area contributed by atoms with E-state index in [-0.39, 0.29) is 11.2 Å². The van der Waals surface area contributed by atoms with Gasteiger partial charge in [-0.2, -0.15) is 0 Å². The number of esters is 1. The number of methoxy groups -OCH3 is 1. The van der Waals surface area contributed by atoms with Gasteiger partial charge in [0.25, 0.3) is 0 Å². The molecule has 5 heteroatoms. The molecule has 132 valence electrons. The molecule has 1 N–H and O–H groups in total. The summed E-state index contributed by atoms with van der Waals surface area (Å²) in [7, 11) is 1.29. The summed E-state index contributed by atoms with van der Waals surface area (Å²) in [4.78, 5) is 25.3. The normalized spacial score (nSPS) is 22.4. The molecule has 1 aromatic rings. The van der Waals surface area contributed by atoms with Gasteiger partial charge in [-0.3, -0.25) is 4.79 Å². The van der Waals surface area contributed by atoms with Crippen molar-refractivity contribution in [2.24, 2.45) is 5.41 Å². The van der Waals surface area contributed by atoms with Crippen molar-refractivity contribution >= 4 is 11.8 Å². The Hall–Kier alpha value is -2.43. The molecular formula is C20H22FNO3. The smallest absolute Gasteiger partial charge is 0.336 e. The molecule has 1 aromatic carbocycles. The molecule has 0 saturated carbocycles. The van der Waals surface area contributed by atoms with E-state index in [1.807, 2.05) is 13.8 Å². The lowest BCUT2D eigenvalue weighted by atomic mass is 9.68. The lowest BCUT2D eigenvalue weighted by Gasteiger charge is -2.39. The van der Waals surface area contributed by atoms with Gasteiger partial charge in [0.2, 0.25) is 0 Å². The molecule has 3 rings (SSSR count). The highest BCUT2D eigenvalue weighted by Gasteiger charge is 2.43. The van der Waals surface area contributed by atoms with Gasteiger partial charge in [-0.05, 0) is 24.8 Å².